The summed E-state index contributed by atoms with van der Waals surface area (Å²) >= 11 is 0. The molecule has 0 heterocycles. The van der Waals surface area contributed by atoms with Gasteiger partial charge in [-0.15, -0.1) is 0 Å². The van der Waals surface area contributed by atoms with E-state index in [9.17, 15) is 13.5 Å². The normalized spacial score (nSPS) is 13.5. The van der Waals surface area contributed by atoms with Crippen molar-refractivity contribution in [1.82, 2.24) is 0 Å². The van der Waals surface area contributed by atoms with E-state index in [1.54, 1.807) is 24.3 Å². The minimum absolute atomic E-state index is 0.294. The standard InChI is InChI=1S/C14H23NO3S/c1-4-11(5-2)14(16)10-15-12-6-8-13(9-7-12)19(3,17)18/h6-9,11,14-16H,4-5,10H2,1-3H3. The molecule has 2 N–H and O–H groups in total. The van der Waals surface area contributed by atoms with Crippen LogP contribution in [0.4, 0.5) is 5.69 Å². The van der Waals surface area contributed by atoms with Crippen LogP contribution < -0.4 is 5.32 Å². The third-order valence-electron chi connectivity index (χ3n) is 3.39. The topological polar surface area (TPSA) is 66.4 Å². The highest BCUT2D eigenvalue weighted by molar-refractivity contribution is 7.90. The van der Waals surface area contributed by atoms with Crippen LogP contribution in [0.2, 0.25) is 0 Å². The van der Waals surface area contributed by atoms with E-state index in [1.165, 1.54) is 6.26 Å². The van der Waals surface area contributed by atoms with E-state index >= 15 is 0 Å². The molecule has 108 valence electrons. The number of aliphatic hydroxyl groups excluding tert-OH is 1. The minimum atomic E-state index is -3.15. The molecule has 0 spiro atoms. The summed E-state index contributed by atoms with van der Waals surface area (Å²) in [6.07, 6.45) is 2.70. The second-order valence-electron chi connectivity index (χ2n) is 4.82. The first-order chi connectivity index (χ1) is 8.88. The van der Waals surface area contributed by atoms with Gasteiger partial charge in [-0.1, -0.05) is 26.7 Å². The van der Waals surface area contributed by atoms with E-state index in [4.69, 9.17) is 0 Å². The van der Waals surface area contributed by atoms with Crippen molar-refractivity contribution in [3.8, 4) is 0 Å². The Bertz CT molecular complexity index is 478. The van der Waals surface area contributed by atoms with Gasteiger partial charge in [0.2, 0.25) is 0 Å². The first kappa shape index (κ1) is 16.0. The Labute approximate surface area is 115 Å². The number of anilines is 1. The van der Waals surface area contributed by atoms with Gasteiger partial charge in [0.1, 0.15) is 0 Å². The van der Waals surface area contributed by atoms with Crippen LogP contribution in [0.3, 0.4) is 0 Å². The Morgan fingerprint density at radius 1 is 1.16 bits per heavy atom. The highest BCUT2D eigenvalue weighted by atomic mass is 32.2. The van der Waals surface area contributed by atoms with Crippen LogP contribution in [0.25, 0.3) is 0 Å². The zero-order valence-electron chi connectivity index (χ0n) is 11.8. The predicted molar refractivity (Wildman–Crippen MR) is 78.1 cm³/mol. The average Bonchev–Trinajstić information content (AvgIpc) is 2.37. The van der Waals surface area contributed by atoms with Gasteiger partial charge >= 0.3 is 0 Å². The van der Waals surface area contributed by atoms with Gasteiger partial charge < -0.3 is 10.4 Å². The van der Waals surface area contributed by atoms with E-state index in [-0.39, 0.29) is 6.10 Å². The van der Waals surface area contributed by atoms with Gasteiger partial charge in [-0.3, -0.25) is 0 Å². The molecular weight excluding hydrogens is 262 g/mol. The number of rotatable bonds is 7. The fraction of sp³-hybridized carbons (Fsp3) is 0.571. The summed E-state index contributed by atoms with van der Waals surface area (Å²) in [5.41, 5.74) is 0.817. The van der Waals surface area contributed by atoms with Gasteiger partial charge in [0.15, 0.2) is 9.84 Å². The molecule has 1 aromatic carbocycles. The predicted octanol–water partition coefficient (Wildman–Crippen LogP) is 2.30. The molecule has 1 rings (SSSR count). The monoisotopic (exact) mass is 285 g/mol. The van der Waals surface area contributed by atoms with E-state index in [0.29, 0.717) is 17.4 Å². The van der Waals surface area contributed by atoms with Gasteiger partial charge in [0.05, 0.1) is 11.0 Å². The molecule has 1 atom stereocenters. The average molecular weight is 285 g/mol. The second-order valence-corrected chi connectivity index (χ2v) is 6.84. The third-order valence-corrected chi connectivity index (χ3v) is 4.52. The molecule has 5 heteroatoms. The molecule has 1 aromatic rings. The molecule has 0 radical (unpaired) electrons. The lowest BCUT2D eigenvalue weighted by atomic mass is 9.96. The highest BCUT2D eigenvalue weighted by Gasteiger charge is 2.15. The molecule has 19 heavy (non-hydrogen) atoms. The first-order valence-electron chi connectivity index (χ1n) is 6.60. The van der Waals surface area contributed by atoms with Gasteiger partial charge in [0, 0.05) is 18.5 Å². The van der Waals surface area contributed by atoms with Gasteiger partial charge in [-0.25, -0.2) is 8.42 Å². The summed E-state index contributed by atoms with van der Waals surface area (Å²) in [6, 6.07) is 6.58. The third kappa shape index (κ3) is 4.84. The largest absolute Gasteiger partial charge is 0.391 e. The van der Waals surface area contributed by atoms with Crippen molar-refractivity contribution in [2.45, 2.75) is 37.7 Å². The maximum absolute atomic E-state index is 11.3. The number of benzene rings is 1. The molecule has 0 bridgehead atoms. The van der Waals surface area contributed by atoms with Crippen LogP contribution in [0.1, 0.15) is 26.7 Å². The van der Waals surface area contributed by atoms with Crippen molar-refractivity contribution in [1.29, 1.82) is 0 Å². The van der Waals surface area contributed by atoms with Crippen LogP contribution in [-0.2, 0) is 9.84 Å². The fourth-order valence-electron chi connectivity index (χ4n) is 2.04. The molecule has 4 nitrogen and oxygen atoms in total. The highest BCUT2D eigenvalue weighted by Crippen LogP contribution is 2.16. The molecule has 1 unspecified atom stereocenters. The van der Waals surface area contributed by atoms with Crippen LogP contribution in [0.15, 0.2) is 29.2 Å². The fourth-order valence-corrected chi connectivity index (χ4v) is 2.67. The molecule has 0 amide bonds. The first-order valence-corrected chi connectivity index (χ1v) is 8.49. The summed E-state index contributed by atoms with van der Waals surface area (Å²) in [6.45, 7) is 4.61. The van der Waals surface area contributed by atoms with Crippen molar-refractivity contribution in [2.75, 3.05) is 18.1 Å². The Balaban J connectivity index is 2.60. The smallest absolute Gasteiger partial charge is 0.175 e. The van der Waals surface area contributed by atoms with Crippen molar-refractivity contribution in [3.63, 3.8) is 0 Å². The van der Waals surface area contributed by atoms with Crippen LogP contribution in [0.5, 0.6) is 0 Å². The van der Waals surface area contributed by atoms with Crippen molar-refractivity contribution in [3.05, 3.63) is 24.3 Å². The van der Waals surface area contributed by atoms with Gasteiger partial charge in [-0.05, 0) is 30.2 Å². The Kier molecular flexibility index (Phi) is 5.82. The lowest BCUT2D eigenvalue weighted by molar-refractivity contribution is 0.114. The zero-order chi connectivity index (χ0) is 14.5. The maximum atomic E-state index is 11.3. The van der Waals surface area contributed by atoms with E-state index in [2.05, 4.69) is 19.2 Å². The van der Waals surface area contributed by atoms with Gasteiger partial charge in [-0.2, -0.15) is 0 Å². The lowest BCUT2D eigenvalue weighted by Crippen LogP contribution is -2.27. The number of sulfone groups is 1. The van der Waals surface area contributed by atoms with Crippen molar-refractivity contribution >= 4 is 15.5 Å². The molecule has 0 saturated carbocycles. The number of aliphatic hydroxyl groups is 1. The van der Waals surface area contributed by atoms with E-state index < -0.39 is 9.84 Å². The number of nitrogens with one attached hydrogen (secondary N) is 1. The molecular formula is C14H23NO3S. The van der Waals surface area contributed by atoms with Crippen molar-refractivity contribution in [2.24, 2.45) is 5.92 Å². The van der Waals surface area contributed by atoms with E-state index in [1.807, 2.05) is 0 Å². The molecule has 0 fully saturated rings. The molecule has 0 aliphatic heterocycles. The number of hydrogen-bond donors (Lipinski definition) is 2. The minimum Gasteiger partial charge on any atom is -0.391 e. The summed E-state index contributed by atoms with van der Waals surface area (Å²) in [4.78, 5) is 0.304. The zero-order valence-corrected chi connectivity index (χ0v) is 12.6. The summed E-state index contributed by atoms with van der Waals surface area (Å²) in [7, 11) is -3.15. The Morgan fingerprint density at radius 3 is 2.11 bits per heavy atom. The maximum Gasteiger partial charge on any atom is 0.175 e. The second kappa shape index (κ2) is 6.91. The summed E-state index contributed by atoms with van der Waals surface area (Å²) in [5, 5.41) is 13.1. The molecule has 0 aromatic heterocycles. The summed E-state index contributed by atoms with van der Waals surface area (Å²) < 4.78 is 22.6. The molecule has 0 saturated heterocycles. The molecule has 0 aliphatic carbocycles. The van der Waals surface area contributed by atoms with Crippen molar-refractivity contribution < 1.29 is 13.5 Å². The summed E-state index contributed by atoms with van der Waals surface area (Å²) in [5.74, 6) is 0.294. The Morgan fingerprint density at radius 2 is 1.68 bits per heavy atom. The number of hydrogen-bond acceptors (Lipinski definition) is 4. The van der Waals surface area contributed by atoms with Gasteiger partial charge in [0.25, 0.3) is 0 Å². The van der Waals surface area contributed by atoms with Crippen LogP contribution in [-0.4, -0.2) is 32.4 Å². The van der Waals surface area contributed by atoms with Crippen LogP contribution in [0, 0.1) is 5.92 Å². The molecule has 0 aliphatic rings. The van der Waals surface area contributed by atoms with Crippen LogP contribution >= 0.6 is 0 Å². The Hall–Kier alpha value is -1.07. The quantitative estimate of drug-likeness (QED) is 0.806. The lowest BCUT2D eigenvalue weighted by Gasteiger charge is -2.20. The van der Waals surface area contributed by atoms with E-state index in [0.717, 1.165) is 18.5 Å². The SMILES string of the molecule is CCC(CC)C(O)CNc1ccc(S(C)(=O)=O)cc1.